The van der Waals surface area contributed by atoms with Crippen LogP contribution in [0.4, 0.5) is 5.69 Å². The number of hydrogen-bond donors (Lipinski definition) is 2. The molecule has 5 rings (SSSR count). The van der Waals surface area contributed by atoms with E-state index in [1.807, 2.05) is 6.07 Å². The van der Waals surface area contributed by atoms with Gasteiger partial charge < -0.3 is 9.84 Å². The van der Waals surface area contributed by atoms with Gasteiger partial charge in [-0.25, -0.2) is 0 Å². The van der Waals surface area contributed by atoms with Crippen LogP contribution in [0.1, 0.15) is 55.2 Å². The van der Waals surface area contributed by atoms with Crippen LogP contribution in [0, 0.1) is 32.3 Å². The Morgan fingerprint density at radius 3 is 2.83 bits per heavy atom. The number of fused-ring (bicyclic) bond motifs is 5. The summed E-state index contributed by atoms with van der Waals surface area (Å²) < 4.78 is 5.40. The largest absolute Gasteiger partial charge is 0.504 e. The lowest BCUT2D eigenvalue weighted by Gasteiger charge is -2.48. The van der Waals surface area contributed by atoms with Crippen LogP contribution in [-0.4, -0.2) is 23.2 Å². The number of non-ortho nitro benzene ring substituents is 1. The Hall–Kier alpha value is -3.46. The first-order chi connectivity index (χ1) is 16.9. The molecule has 0 heterocycles. The number of nitro benzene ring substituents is 1. The second-order valence-corrected chi connectivity index (χ2v) is 10.0. The number of nitroso groups, excluding NO2 is 1. The molecule has 0 bridgehead atoms. The summed E-state index contributed by atoms with van der Waals surface area (Å²) in [6.07, 6.45) is 5.76. The van der Waals surface area contributed by atoms with Crippen LogP contribution in [0.5, 0.6) is 11.5 Å². The molecular weight excluding hydrogens is 450 g/mol. The average molecular weight is 480 g/mol. The van der Waals surface area contributed by atoms with Crippen molar-refractivity contribution < 1.29 is 19.6 Å². The van der Waals surface area contributed by atoms with Crippen LogP contribution in [-0.2, 0) is 11.4 Å². The second-order valence-electron chi connectivity index (χ2n) is 10.0. The van der Waals surface area contributed by atoms with Crippen molar-refractivity contribution in [1.29, 1.82) is 0 Å². The van der Waals surface area contributed by atoms with Crippen LogP contribution < -0.4 is 10.2 Å². The fraction of sp³-hybridized carbons (Fsp3) is 0.462. The maximum absolute atomic E-state index is 11.6. The summed E-state index contributed by atoms with van der Waals surface area (Å²) in [6, 6.07) is 9.75. The number of hydrogen-bond acceptors (Lipinski definition) is 8. The van der Waals surface area contributed by atoms with E-state index in [0.717, 1.165) is 42.5 Å². The van der Waals surface area contributed by atoms with Gasteiger partial charge in [0, 0.05) is 17.7 Å². The molecule has 2 N–H and O–H groups in total. The molecule has 0 spiro atoms. The molecule has 35 heavy (non-hydrogen) atoms. The van der Waals surface area contributed by atoms with Crippen LogP contribution in [0.2, 0.25) is 0 Å². The Balaban J connectivity index is 1.46. The molecule has 9 nitrogen and oxygen atoms in total. The molecule has 2 aromatic rings. The predicted molar refractivity (Wildman–Crippen MR) is 130 cm³/mol. The molecule has 5 atom stereocenters. The third kappa shape index (κ3) is 3.93. The second kappa shape index (κ2) is 8.96. The van der Waals surface area contributed by atoms with Crippen LogP contribution in [0.3, 0.4) is 0 Å². The third-order valence-electron chi connectivity index (χ3n) is 8.35. The van der Waals surface area contributed by atoms with E-state index in [4.69, 9.17) is 9.57 Å². The smallest absolute Gasteiger partial charge is 0.269 e. The summed E-state index contributed by atoms with van der Waals surface area (Å²) in [5, 5.41) is 25.0. The van der Waals surface area contributed by atoms with Crippen molar-refractivity contribution in [2.45, 2.75) is 51.2 Å². The van der Waals surface area contributed by atoms with Gasteiger partial charge in [-0.1, -0.05) is 30.3 Å². The zero-order chi connectivity index (χ0) is 24.7. The molecule has 3 aliphatic rings. The molecule has 3 aliphatic carbocycles. The molecule has 1 unspecified atom stereocenters. The SMILES string of the molecule is COc1cc2c(cc1O)C(NOCc1cccc([N+](=O)[O-])c1)=C[C@@H]1[C@@H]2CC[C@]2(C)C(N=O)CC[C@@H]12. The highest BCUT2D eigenvalue weighted by molar-refractivity contribution is 5.72. The predicted octanol–water partition coefficient (Wildman–Crippen LogP) is 5.43. The van der Waals surface area contributed by atoms with Gasteiger partial charge in [0.05, 0.1) is 30.4 Å². The molecule has 0 aromatic heterocycles. The van der Waals surface area contributed by atoms with Gasteiger partial charge in [0.25, 0.3) is 5.69 Å². The minimum Gasteiger partial charge on any atom is -0.504 e. The Kier molecular flexibility index (Phi) is 5.96. The summed E-state index contributed by atoms with van der Waals surface area (Å²) in [7, 11) is 1.54. The zero-order valence-electron chi connectivity index (χ0n) is 19.8. The molecule has 0 saturated heterocycles. The van der Waals surface area contributed by atoms with Crippen molar-refractivity contribution in [2.75, 3.05) is 7.11 Å². The monoisotopic (exact) mass is 479 g/mol. The topological polar surface area (TPSA) is 123 Å². The average Bonchev–Trinajstić information content (AvgIpc) is 3.20. The zero-order valence-corrected chi connectivity index (χ0v) is 19.8. The molecule has 0 aliphatic heterocycles. The lowest BCUT2D eigenvalue weighted by atomic mass is 9.56. The Bertz CT molecular complexity index is 1200. The van der Waals surface area contributed by atoms with E-state index in [1.54, 1.807) is 18.2 Å². The quantitative estimate of drug-likeness (QED) is 0.308. The standard InChI is InChI=1S/C26H29N3O6/c1-26-9-8-17-18-13-24(34-2)23(30)12-20(18)22(11-19(17)21(26)6-7-25(26)27-31)28-35-14-15-4-3-5-16(10-15)29(32)33/h3-5,10-13,17,19,21,25,28,30H,6-9,14H2,1-2H3/t17-,19-,21+,25?,26+/m1/s1. The molecule has 2 saturated carbocycles. The van der Waals surface area contributed by atoms with E-state index in [9.17, 15) is 20.1 Å². The van der Waals surface area contributed by atoms with Crippen molar-refractivity contribution in [3.8, 4) is 11.5 Å². The summed E-state index contributed by atoms with van der Waals surface area (Å²) in [4.78, 5) is 28.0. The van der Waals surface area contributed by atoms with Crippen LogP contribution in [0.25, 0.3) is 5.70 Å². The lowest BCUT2D eigenvalue weighted by Crippen LogP contribution is -2.42. The number of phenolic OH excluding ortho intramolecular Hbond substituents is 1. The highest BCUT2D eigenvalue weighted by atomic mass is 16.6. The van der Waals surface area contributed by atoms with Gasteiger partial charge in [0.2, 0.25) is 0 Å². The number of phenols is 1. The molecule has 0 radical (unpaired) electrons. The third-order valence-corrected chi connectivity index (χ3v) is 8.35. The number of allylic oxidation sites excluding steroid dienone is 1. The van der Waals surface area contributed by atoms with Crippen molar-refractivity contribution in [1.82, 2.24) is 5.48 Å². The minimum absolute atomic E-state index is 0.00857. The fourth-order valence-electron chi connectivity index (χ4n) is 6.55. The minimum atomic E-state index is -0.434. The number of nitro groups is 1. The number of nitrogens with zero attached hydrogens (tertiary/aromatic N) is 2. The van der Waals surface area contributed by atoms with Gasteiger partial charge in [-0.15, -0.1) is 0 Å². The Morgan fingerprint density at radius 2 is 2.09 bits per heavy atom. The highest BCUT2D eigenvalue weighted by Gasteiger charge is 2.55. The summed E-state index contributed by atoms with van der Waals surface area (Å²) in [6.45, 7) is 2.32. The molecular formula is C26H29N3O6. The maximum atomic E-state index is 11.6. The number of rotatable bonds is 7. The molecule has 184 valence electrons. The fourth-order valence-corrected chi connectivity index (χ4v) is 6.55. The number of aromatic hydroxyl groups is 1. The first kappa shape index (κ1) is 23.3. The van der Waals surface area contributed by atoms with Gasteiger partial charge in [0.1, 0.15) is 0 Å². The molecule has 9 heteroatoms. The number of ether oxygens (including phenoxy) is 1. The Morgan fingerprint density at radius 1 is 1.26 bits per heavy atom. The van der Waals surface area contributed by atoms with E-state index in [2.05, 4.69) is 23.7 Å². The van der Waals surface area contributed by atoms with Crippen LogP contribution >= 0.6 is 0 Å². The first-order valence-electron chi connectivity index (χ1n) is 11.9. The summed E-state index contributed by atoms with van der Waals surface area (Å²) in [5.41, 5.74) is 6.24. The number of methoxy groups -OCH3 is 1. The van der Waals surface area contributed by atoms with Gasteiger partial charge in [-0.05, 0) is 72.1 Å². The van der Waals surface area contributed by atoms with Crippen LogP contribution in [0.15, 0.2) is 47.7 Å². The Labute approximate surface area is 203 Å². The van der Waals surface area contributed by atoms with Crippen molar-refractivity contribution in [2.24, 2.45) is 22.4 Å². The van der Waals surface area contributed by atoms with E-state index < -0.39 is 4.92 Å². The van der Waals surface area contributed by atoms with Gasteiger partial charge >= 0.3 is 0 Å². The van der Waals surface area contributed by atoms with Gasteiger partial charge in [0.15, 0.2) is 11.5 Å². The normalized spacial score (nSPS) is 28.8. The lowest BCUT2D eigenvalue weighted by molar-refractivity contribution is -0.385. The summed E-state index contributed by atoms with van der Waals surface area (Å²) >= 11 is 0. The van der Waals surface area contributed by atoms with Gasteiger partial charge in [-0.2, -0.15) is 4.91 Å². The number of hydroxylamine groups is 1. The van der Waals surface area contributed by atoms with E-state index >= 15 is 0 Å². The van der Waals surface area contributed by atoms with Crippen molar-refractivity contribution in [3.63, 3.8) is 0 Å². The van der Waals surface area contributed by atoms with Crippen molar-refractivity contribution >= 4 is 11.4 Å². The van der Waals surface area contributed by atoms with E-state index in [0.29, 0.717) is 17.2 Å². The first-order valence-corrected chi connectivity index (χ1v) is 11.9. The maximum Gasteiger partial charge on any atom is 0.269 e. The number of nitrogens with one attached hydrogen (secondary N) is 1. The van der Waals surface area contributed by atoms with Gasteiger partial charge in [-0.3, -0.25) is 20.4 Å². The van der Waals surface area contributed by atoms with E-state index in [-0.39, 0.29) is 41.3 Å². The van der Waals surface area contributed by atoms with E-state index in [1.165, 1.54) is 19.2 Å². The molecule has 2 aromatic carbocycles. The molecule has 0 amide bonds. The summed E-state index contributed by atoms with van der Waals surface area (Å²) in [5.74, 6) is 1.21. The molecule has 2 fully saturated rings. The number of benzene rings is 2. The highest BCUT2D eigenvalue weighted by Crippen LogP contribution is 2.61. The van der Waals surface area contributed by atoms with Crippen molar-refractivity contribution in [3.05, 3.63) is 74.2 Å².